The van der Waals surface area contributed by atoms with Crippen molar-refractivity contribution < 1.29 is 17.4 Å². The second kappa shape index (κ2) is 14.9. The van der Waals surface area contributed by atoms with E-state index in [1.54, 1.807) is 0 Å². The second-order valence-corrected chi connectivity index (χ2v) is 11.4. The third kappa shape index (κ3) is 7.32. The molecule has 216 valence electrons. The molecule has 0 atom stereocenters. The Morgan fingerprint density at radius 3 is 1.80 bits per heavy atom. The van der Waals surface area contributed by atoms with Gasteiger partial charge in [0, 0.05) is 45.0 Å². The van der Waals surface area contributed by atoms with Crippen molar-refractivity contribution in [1.82, 2.24) is 19.9 Å². The molecule has 0 saturated heterocycles. The van der Waals surface area contributed by atoms with Gasteiger partial charge in [0.05, 0.1) is 22.8 Å². The molecule has 5 rings (SSSR count). The molecule has 0 fully saturated rings. The van der Waals surface area contributed by atoms with Gasteiger partial charge in [-0.1, -0.05) is 53.4 Å². The summed E-state index contributed by atoms with van der Waals surface area (Å²) in [4.78, 5) is 17.9. The van der Waals surface area contributed by atoms with Crippen molar-refractivity contribution >= 4 is 45.9 Å². The second-order valence-electron chi connectivity index (χ2n) is 11.4. The monoisotopic (exact) mass is 586 g/mol. The maximum absolute atomic E-state index is 5.35. The number of nitrogens with zero attached hydrogens (tertiary/aromatic N) is 2. The molecule has 0 amide bonds. The summed E-state index contributed by atoms with van der Waals surface area (Å²) in [6.07, 6.45) is 20.4. The fourth-order valence-electron chi connectivity index (χ4n) is 5.96. The minimum absolute atomic E-state index is 0. The third-order valence-electron chi connectivity index (χ3n) is 8.16. The van der Waals surface area contributed by atoms with Gasteiger partial charge in [-0.15, -0.1) is 0 Å². The number of nitrogens with one attached hydrogen (secondary N) is 2. The quantitative estimate of drug-likeness (QED) is 0.173. The minimum Gasteiger partial charge on any atom is -0.355 e. The zero-order valence-corrected chi connectivity index (χ0v) is 26.7. The van der Waals surface area contributed by atoms with Gasteiger partial charge in [-0.3, -0.25) is 0 Å². The summed E-state index contributed by atoms with van der Waals surface area (Å²) >= 11 is 0. The van der Waals surface area contributed by atoms with Gasteiger partial charge in [-0.05, 0) is 117 Å². The first kappa shape index (κ1) is 31.1. The van der Waals surface area contributed by atoms with Crippen molar-refractivity contribution in [2.75, 3.05) is 0 Å². The summed E-state index contributed by atoms with van der Waals surface area (Å²) in [6.45, 7) is 9.17. The van der Waals surface area contributed by atoms with Crippen molar-refractivity contribution in [3.8, 4) is 0 Å². The van der Waals surface area contributed by atoms with Gasteiger partial charge < -0.3 is 9.97 Å². The van der Waals surface area contributed by atoms with Crippen molar-refractivity contribution in [3.05, 3.63) is 69.8 Å². The van der Waals surface area contributed by atoms with Crippen molar-refractivity contribution in [2.45, 2.75) is 105 Å². The predicted molar refractivity (Wildman–Crippen MR) is 173 cm³/mol. The van der Waals surface area contributed by atoms with Gasteiger partial charge in [0.2, 0.25) is 0 Å². The molecule has 5 heteroatoms. The Kier molecular flexibility index (Phi) is 11.3. The van der Waals surface area contributed by atoms with E-state index in [-0.39, 0.29) is 17.4 Å². The van der Waals surface area contributed by atoms with Crippen LogP contribution in [0.3, 0.4) is 0 Å². The molecule has 0 aliphatic carbocycles. The molecular formula is C36H46CrN4. The Labute approximate surface area is 257 Å². The molecule has 8 bridgehead atoms. The van der Waals surface area contributed by atoms with Crippen LogP contribution in [0.15, 0.2) is 30.3 Å². The number of allylic oxidation sites excluding steroid dienone is 1. The number of aryl methyl sites for hydroxylation is 3. The summed E-state index contributed by atoms with van der Waals surface area (Å²) in [5.41, 5.74) is 14.7. The first-order chi connectivity index (χ1) is 19.6. The Bertz CT molecular complexity index is 1550. The molecule has 4 nitrogen and oxygen atoms in total. The molecule has 0 spiro atoms. The van der Waals surface area contributed by atoms with Crippen LogP contribution in [0.4, 0.5) is 0 Å². The van der Waals surface area contributed by atoms with Crippen LogP contribution < -0.4 is 0 Å². The Morgan fingerprint density at radius 1 is 0.585 bits per heavy atom. The maximum atomic E-state index is 5.35. The molecule has 5 heterocycles. The number of hydrogen-bond acceptors (Lipinski definition) is 2. The topological polar surface area (TPSA) is 57.4 Å². The first-order valence-corrected chi connectivity index (χ1v) is 15.8. The molecular weight excluding hydrogens is 540 g/mol. The average Bonchev–Trinajstić information content (AvgIpc) is 3.74. The van der Waals surface area contributed by atoms with E-state index in [4.69, 9.17) is 9.97 Å². The molecule has 2 aliphatic heterocycles. The predicted octanol–water partition coefficient (Wildman–Crippen LogP) is 10.2. The van der Waals surface area contributed by atoms with Gasteiger partial charge in [-0.25, -0.2) is 9.97 Å². The van der Waals surface area contributed by atoms with Crippen LogP contribution in [-0.4, -0.2) is 19.9 Å². The van der Waals surface area contributed by atoms with Gasteiger partial charge >= 0.3 is 0 Å². The van der Waals surface area contributed by atoms with E-state index in [1.807, 2.05) is 0 Å². The summed E-state index contributed by atoms with van der Waals surface area (Å²) in [5, 5.41) is 0. The van der Waals surface area contributed by atoms with Crippen molar-refractivity contribution in [3.63, 3.8) is 0 Å². The standard InChI is InChI=1S/C36H46N4.Cr/c1-5-9-13-25-21-30-23-28-18-17-26(37-28)22-27-19-20-29(38-27)24-34-31(14-10-6-2)32(15-11-7-3)36(40-34)33(16-12-8-4)35(25)39-30;/h17-24,37,40H,5-16H2,1-4H3;. The fourth-order valence-corrected chi connectivity index (χ4v) is 5.96. The van der Waals surface area contributed by atoms with Gasteiger partial charge in [0.25, 0.3) is 0 Å². The SMILES string of the molecule is CCCCC1=Cc2cc3ccc(cc4nc(cc5[nH]c(c(CCCC)c1n2)c(CCCC)c5CCCC)C=C4)[nH]3.[Cr]. The van der Waals surface area contributed by atoms with E-state index >= 15 is 0 Å². The van der Waals surface area contributed by atoms with Gasteiger partial charge in [-0.2, -0.15) is 0 Å². The van der Waals surface area contributed by atoms with E-state index in [1.165, 1.54) is 83.9 Å². The first-order valence-electron chi connectivity index (χ1n) is 15.8. The zero-order chi connectivity index (χ0) is 27.9. The summed E-state index contributed by atoms with van der Waals surface area (Å²) in [6, 6.07) is 10.9. The number of unbranched alkanes of at least 4 members (excludes halogenated alkanes) is 4. The molecule has 2 N–H and O–H groups in total. The Balaban J connectivity index is 0.00000387. The average molecular weight is 587 g/mol. The fraction of sp³-hybridized carbons (Fsp3) is 0.444. The number of hydrogen-bond donors (Lipinski definition) is 2. The number of fused-ring (bicyclic) bond motifs is 8. The van der Waals surface area contributed by atoms with Gasteiger partial charge in [0.15, 0.2) is 0 Å². The van der Waals surface area contributed by atoms with Crippen LogP contribution in [0, 0.1) is 0 Å². The summed E-state index contributed by atoms with van der Waals surface area (Å²) in [7, 11) is 0. The zero-order valence-electron chi connectivity index (χ0n) is 25.4. The molecule has 3 aromatic rings. The molecule has 0 unspecified atom stereocenters. The van der Waals surface area contributed by atoms with Crippen molar-refractivity contribution in [2.24, 2.45) is 0 Å². The van der Waals surface area contributed by atoms with Gasteiger partial charge in [0.1, 0.15) is 0 Å². The van der Waals surface area contributed by atoms with Crippen LogP contribution in [-0.2, 0) is 36.6 Å². The smallest absolute Gasteiger partial charge is 0.0722 e. The number of rotatable bonds is 12. The molecule has 2 aliphatic rings. The van der Waals surface area contributed by atoms with E-state index < -0.39 is 0 Å². The van der Waals surface area contributed by atoms with E-state index in [9.17, 15) is 0 Å². The third-order valence-corrected chi connectivity index (χ3v) is 8.16. The van der Waals surface area contributed by atoms with E-state index in [0.717, 1.165) is 60.2 Å². The maximum Gasteiger partial charge on any atom is 0.0722 e. The number of aromatic amines is 2. The van der Waals surface area contributed by atoms with Crippen LogP contribution >= 0.6 is 0 Å². The molecule has 0 aromatic carbocycles. The van der Waals surface area contributed by atoms with E-state index in [2.05, 4.69) is 86.2 Å². The molecule has 0 radical (unpaired) electrons. The Hall–Kier alpha value is -2.87. The largest absolute Gasteiger partial charge is 0.355 e. The Morgan fingerprint density at radius 2 is 1.15 bits per heavy atom. The summed E-state index contributed by atoms with van der Waals surface area (Å²) in [5.74, 6) is 0. The van der Waals surface area contributed by atoms with Crippen LogP contribution in [0.1, 0.15) is 125 Å². The van der Waals surface area contributed by atoms with E-state index in [0.29, 0.717) is 0 Å². The normalized spacial score (nSPS) is 12.4. The number of H-pyrrole nitrogens is 2. The van der Waals surface area contributed by atoms with Crippen LogP contribution in [0.25, 0.3) is 45.9 Å². The molecule has 0 saturated carbocycles. The number of aromatic nitrogens is 4. The molecule has 3 aromatic heterocycles. The summed E-state index contributed by atoms with van der Waals surface area (Å²) < 4.78 is 0. The van der Waals surface area contributed by atoms with Crippen LogP contribution in [0.2, 0.25) is 0 Å². The minimum atomic E-state index is 0. The molecule has 41 heavy (non-hydrogen) atoms. The van der Waals surface area contributed by atoms with Crippen LogP contribution in [0.5, 0.6) is 0 Å². The van der Waals surface area contributed by atoms with Crippen molar-refractivity contribution in [1.29, 1.82) is 0 Å².